The van der Waals surface area contributed by atoms with Gasteiger partial charge < -0.3 is 10.1 Å². The van der Waals surface area contributed by atoms with E-state index in [1.54, 1.807) is 0 Å². The molecule has 100 valence electrons. The Hall–Kier alpha value is -1.09. The first-order chi connectivity index (χ1) is 8.70. The van der Waals surface area contributed by atoms with E-state index in [1.807, 2.05) is 19.3 Å². The lowest BCUT2D eigenvalue weighted by Crippen LogP contribution is -2.25. The minimum absolute atomic E-state index is 0.273. The molecule has 1 heterocycles. The SMILES string of the molecule is CNC(C)c1cccnc1OC1CCCC(C)C1. The third-order valence-electron chi connectivity index (χ3n) is 3.87. The van der Waals surface area contributed by atoms with Crippen LogP contribution in [-0.2, 0) is 0 Å². The van der Waals surface area contributed by atoms with E-state index in [0.29, 0.717) is 6.10 Å². The predicted molar refractivity (Wildman–Crippen MR) is 73.8 cm³/mol. The molecule has 3 unspecified atom stereocenters. The van der Waals surface area contributed by atoms with Crippen LogP contribution in [0.5, 0.6) is 5.88 Å². The lowest BCUT2D eigenvalue weighted by Gasteiger charge is -2.28. The zero-order valence-electron chi connectivity index (χ0n) is 11.6. The third kappa shape index (κ3) is 3.22. The van der Waals surface area contributed by atoms with Crippen LogP contribution in [0.1, 0.15) is 51.1 Å². The van der Waals surface area contributed by atoms with Gasteiger partial charge in [-0.2, -0.15) is 0 Å². The average Bonchev–Trinajstić information content (AvgIpc) is 2.38. The Labute approximate surface area is 110 Å². The first-order valence-corrected chi connectivity index (χ1v) is 6.99. The first-order valence-electron chi connectivity index (χ1n) is 6.99. The summed E-state index contributed by atoms with van der Waals surface area (Å²) >= 11 is 0. The van der Waals surface area contributed by atoms with Gasteiger partial charge >= 0.3 is 0 Å². The fraction of sp³-hybridized carbons (Fsp3) is 0.667. The molecule has 1 saturated carbocycles. The van der Waals surface area contributed by atoms with Gasteiger partial charge in [-0.3, -0.25) is 0 Å². The molecule has 2 rings (SSSR count). The molecule has 1 aromatic rings. The Balaban J connectivity index is 2.08. The van der Waals surface area contributed by atoms with Gasteiger partial charge in [0, 0.05) is 17.8 Å². The molecule has 1 fully saturated rings. The maximum Gasteiger partial charge on any atom is 0.218 e. The number of ether oxygens (including phenoxy) is 1. The fourth-order valence-electron chi connectivity index (χ4n) is 2.63. The van der Waals surface area contributed by atoms with E-state index in [1.165, 1.54) is 12.8 Å². The quantitative estimate of drug-likeness (QED) is 0.887. The molecule has 0 spiro atoms. The molecule has 1 aliphatic carbocycles. The van der Waals surface area contributed by atoms with E-state index in [4.69, 9.17) is 4.74 Å². The highest BCUT2D eigenvalue weighted by Crippen LogP contribution is 2.29. The van der Waals surface area contributed by atoms with Gasteiger partial charge in [0.05, 0.1) is 0 Å². The van der Waals surface area contributed by atoms with Crippen molar-refractivity contribution >= 4 is 0 Å². The van der Waals surface area contributed by atoms with Gasteiger partial charge in [0.2, 0.25) is 5.88 Å². The molecule has 0 aromatic carbocycles. The summed E-state index contributed by atoms with van der Waals surface area (Å²) in [4.78, 5) is 4.40. The van der Waals surface area contributed by atoms with Crippen LogP contribution < -0.4 is 10.1 Å². The van der Waals surface area contributed by atoms with Crippen LogP contribution in [0.15, 0.2) is 18.3 Å². The highest BCUT2D eigenvalue weighted by molar-refractivity contribution is 5.28. The molecule has 18 heavy (non-hydrogen) atoms. The second-order valence-corrected chi connectivity index (χ2v) is 5.42. The lowest BCUT2D eigenvalue weighted by atomic mass is 9.89. The van der Waals surface area contributed by atoms with Gasteiger partial charge in [-0.15, -0.1) is 0 Å². The van der Waals surface area contributed by atoms with Crippen LogP contribution in [0, 0.1) is 5.92 Å². The number of hydrogen-bond acceptors (Lipinski definition) is 3. The van der Waals surface area contributed by atoms with Crippen molar-refractivity contribution in [2.45, 2.75) is 51.7 Å². The lowest BCUT2D eigenvalue weighted by molar-refractivity contribution is 0.122. The maximum absolute atomic E-state index is 6.13. The van der Waals surface area contributed by atoms with Gasteiger partial charge in [0.1, 0.15) is 6.10 Å². The van der Waals surface area contributed by atoms with Crippen LogP contribution in [0.2, 0.25) is 0 Å². The standard InChI is InChI=1S/C15H24N2O/c1-11-6-4-7-13(10-11)18-15-14(12(2)16-3)8-5-9-17-15/h5,8-9,11-13,16H,4,6-7,10H2,1-3H3. The van der Waals surface area contributed by atoms with Crippen molar-refractivity contribution in [3.8, 4) is 5.88 Å². The predicted octanol–water partition coefficient (Wildman–Crippen LogP) is 3.32. The molecule has 1 N–H and O–H groups in total. The topological polar surface area (TPSA) is 34.2 Å². The van der Waals surface area contributed by atoms with Crippen LogP contribution in [0.25, 0.3) is 0 Å². The second kappa shape index (κ2) is 6.19. The van der Waals surface area contributed by atoms with Crippen molar-refractivity contribution in [2.24, 2.45) is 5.92 Å². The van der Waals surface area contributed by atoms with E-state index in [2.05, 4.69) is 30.2 Å². The smallest absolute Gasteiger partial charge is 0.218 e. The molecule has 3 heteroatoms. The number of nitrogens with one attached hydrogen (secondary N) is 1. The van der Waals surface area contributed by atoms with Crippen molar-refractivity contribution < 1.29 is 4.74 Å². The van der Waals surface area contributed by atoms with Crippen molar-refractivity contribution in [1.82, 2.24) is 10.3 Å². The molecule has 0 saturated heterocycles. The van der Waals surface area contributed by atoms with Crippen molar-refractivity contribution in [3.63, 3.8) is 0 Å². The largest absolute Gasteiger partial charge is 0.474 e. The Morgan fingerprint density at radius 2 is 2.28 bits per heavy atom. The monoisotopic (exact) mass is 248 g/mol. The Bertz CT molecular complexity index is 381. The van der Waals surface area contributed by atoms with Gasteiger partial charge in [0.25, 0.3) is 0 Å². The number of aromatic nitrogens is 1. The Kier molecular flexibility index (Phi) is 4.59. The zero-order valence-corrected chi connectivity index (χ0v) is 11.6. The molecule has 0 amide bonds. The minimum atomic E-state index is 0.273. The van der Waals surface area contributed by atoms with Gasteiger partial charge in [-0.25, -0.2) is 4.98 Å². The van der Waals surface area contributed by atoms with E-state index < -0.39 is 0 Å². The van der Waals surface area contributed by atoms with E-state index in [0.717, 1.165) is 30.2 Å². The molecule has 0 aliphatic heterocycles. The van der Waals surface area contributed by atoms with Gasteiger partial charge in [-0.05, 0) is 45.2 Å². The number of nitrogens with zero attached hydrogens (tertiary/aromatic N) is 1. The number of rotatable bonds is 4. The number of hydrogen-bond donors (Lipinski definition) is 1. The fourth-order valence-corrected chi connectivity index (χ4v) is 2.63. The van der Waals surface area contributed by atoms with E-state index in [9.17, 15) is 0 Å². The van der Waals surface area contributed by atoms with Gasteiger partial charge in [0.15, 0.2) is 0 Å². The first kappa shape index (κ1) is 13.3. The molecule has 3 atom stereocenters. The molecular weight excluding hydrogens is 224 g/mol. The maximum atomic E-state index is 6.13. The Morgan fingerprint density at radius 1 is 1.44 bits per heavy atom. The summed E-state index contributed by atoms with van der Waals surface area (Å²) in [6, 6.07) is 4.34. The minimum Gasteiger partial charge on any atom is -0.474 e. The Morgan fingerprint density at radius 3 is 3.00 bits per heavy atom. The second-order valence-electron chi connectivity index (χ2n) is 5.42. The highest BCUT2D eigenvalue weighted by atomic mass is 16.5. The van der Waals surface area contributed by atoms with Crippen molar-refractivity contribution in [2.75, 3.05) is 7.05 Å². The van der Waals surface area contributed by atoms with Crippen molar-refractivity contribution in [3.05, 3.63) is 23.9 Å². The normalized spacial score (nSPS) is 25.7. The molecule has 1 aromatic heterocycles. The molecular formula is C15H24N2O. The van der Waals surface area contributed by atoms with Crippen LogP contribution in [0.4, 0.5) is 0 Å². The molecule has 0 bridgehead atoms. The van der Waals surface area contributed by atoms with Crippen LogP contribution >= 0.6 is 0 Å². The summed E-state index contributed by atoms with van der Waals surface area (Å²) in [5.74, 6) is 1.58. The van der Waals surface area contributed by atoms with E-state index in [-0.39, 0.29) is 6.04 Å². The summed E-state index contributed by atoms with van der Waals surface area (Å²) in [7, 11) is 1.96. The zero-order chi connectivity index (χ0) is 13.0. The average molecular weight is 248 g/mol. The summed E-state index contributed by atoms with van der Waals surface area (Å²) in [6.07, 6.45) is 7.08. The number of pyridine rings is 1. The third-order valence-corrected chi connectivity index (χ3v) is 3.87. The summed E-state index contributed by atoms with van der Waals surface area (Å²) in [5, 5.41) is 3.25. The molecule has 0 radical (unpaired) electrons. The molecule has 1 aliphatic rings. The van der Waals surface area contributed by atoms with Crippen molar-refractivity contribution in [1.29, 1.82) is 0 Å². The molecule has 3 nitrogen and oxygen atoms in total. The highest BCUT2D eigenvalue weighted by Gasteiger charge is 2.22. The van der Waals surface area contributed by atoms with Crippen LogP contribution in [-0.4, -0.2) is 18.1 Å². The summed E-state index contributed by atoms with van der Waals surface area (Å²) < 4.78 is 6.13. The van der Waals surface area contributed by atoms with Gasteiger partial charge in [-0.1, -0.05) is 19.4 Å². The summed E-state index contributed by atoms with van der Waals surface area (Å²) in [6.45, 7) is 4.44. The van der Waals surface area contributed by atoms with Crippen LogP contribution in [0.3, 0.4) is 0 Å². The van der Waals surface area contributed by atoms with E-state index >= 15 is 0 Å². The summed E-state index contributed by atoms with van der Waals surface area (Å²) in [5.41, 5.74) is 1.15.